The molecule has 0 amide bonds. The van der Waals surface area contributed by atoms with E-state index in [1.54, 1.807) is 7.11 Å². The van der Waals surface area contributed by atoms with Gasteiger partial charge in [-0.15, -0.1) is 11.3 Å². The van der Waals surface area contributed by atoms with Crippen molar-refractivity contribution < 1.29 is 4.74 Å². The number of halogens is 1. The molecule has 0 aliphatic heterocycles. The van der Waals surface area contributed by atoms with E-state index in [1.165, 1.54) is 11.3 Å². The van der Waals surface area contributed by atoms with Gasteiger partial charge in [-0.2, -0.15) is 0 Å². The number of rotatable bonds is 2. The lowest BCUT2D eigenvalue weighted by Crippen LogP contribution is -1.93. The smallest absolute Gasteiger partial charge is 0.127 e. The predicted octanol–water partition coefficient (Wildman–Crippen LogP) is 4.28. The molecule has 0 bridgehead atoms. The molecule has 17 heavy (non-hydrogen) atoms. The van der Waals surface area contributed by atoms with Crippen molar-refractivity contribution in [2.75, 3.05) is 12.8 Å². The summed E-state index contributed by atoms with van der Waals surface area (Å²) in [6.45, 7) is 3.98. The van der Waals surface area contributed by atoms with Crippen LogP contribution in [0.2, 0.25) is 5.02 Å². The van der Waals surface area contributed by atoms with E-state index in [-0.39, 0.29) is 0 Å². The number of nitrogen functional groups attached to an aromatic ring is 1. The van der Waals surface area contributed by atoms with Crippen LogP contribution in [0.3, 0.4) is 0 Å². The van der Waals surface area contributed by atoms with E-state index in [1.807, 2.05) is 31.4 Å². The highest BCUT2D eigenvalue weighted by molar-refractivity contribution is 7.14. The molecule has 0 aliphatic carbocycles. The van der Waals surface area contributed by atoms with Gasteiger partial charge in [0.05, 0.1) is 12.1 Å². The Morgan fingerprint density at radius 3 is 2.53 bits per heavy atom. The fourth-order valence-corrected chi connectivity index (χ4v) is 2.72. The van der Waals surface area contributed by atoms with Crippen LogP contribution in [0.4, 0.5) is 5.00 Å². The van der Waals surface area contributed by atoms with Crippen molar-refractivity contribution >= 4 is 27.9 Å². The van der Waals surface area contributed by atoms with Crippen LogP contribution in [-0.2, 0) is 0 Å². The van der Waals surface area contributed by atoms with Gasteiger partial charge in [0.25, 0.3) is 0 Å². The molecule has 0 aliphatic rings. The standard InChI is InChI=1S/C13H14ClNOS/c1-7-4-10(16-3)12(8(2)13(7)14)9-5-11(15)17-6-9/h4-6H,15H2,1-3H3. The Hall–Kier alpha value is -1.19. The zero-order chi connectivity index (χ0) is 12.6. The number of aryl methyl sites for hydroxylation is 1. The third-order valence-corrected chi connectivity index (χ3v) is 4.12. The summed E-state index contributed by atoms with van der Waals surface area (Å²) in [4.78, 5) is 0. The average Bonchev–Trinajstić information content (AvgIpc) is 2.71. The van der Waals surface area contributed by atoms with E-state index in [0.29, 0.717) is 0 Å². The lowest BCUT2D eigenvalue weighted by atomic mass is 9.99. The summed E-state index contributed by atoms with van der Waals surface area (Å²) in [5, 5.41) is 3.59. The average molecular weight is 268 g/mol. The molecule has 2 nitrogen and oxygen atoms in total. The maximum atomic E-state index is 6.29. The van der Waals surface area contributed by atoms with E-state index in [4.69, 9.17) is 22.1 Å². The van der Waals surface area contributed by atoms with Crippen molar-refractivity contribution in [3.05, 3.63) is 33.7 Å². The quantitative estimate of drug-likeness (QED) is 0.882. The van der Waals surface area contributed by atoms with Gasteiger partial charge in [-0.1, -0.05) is 11.6 Å². The second kappa shape index (κ2) is 4.59. The molecule has 4 heteroatoms. The fourth-order valence-electron chi connectivity index (χ4n) is 1.93. The first kappa shape index (κ1) is 12.3. The zero-order valence-electron chi connectivity index (χ0n) is 10.0. The second-order valence-electron chi connectivity index (χ2n) is 3.95. The number of methoxy groups -OCH3 is 1. The van der Waals surface area contributed by atoms with Gasteiger partial charge < -0.3 is 10.5 Å². The molecule has 0 saturated heterocycles. The Balaban J connectivity index is 2.71. The molecule has 0 unspecified atom stereocenters. The van der Waals surface area contributed by atoms with E-state index >= 15 is 0 Å². The minimum atomic E-state index is 0.783. The zero-order valence-corrected chi connectivity index (χ0v) is 11.6. The fraction of sp³-hybridized carbons (Fsp3) is 0.231. The Morgan fingerprint density at radius 2 is 2.00 bits per heavy atom. The van der Waals surface area contributed by atoms with Crippen molar-refractivity contribution in [3.8, 4) is 16.9 Å². The number of ether oxygens (including phenoxy) is 1. The second-order valence-corrected chi connectivity index (χ2v) is 5.27. The Kier molecular flexibility index (Phi) is 3.31. The summed E-state index contributed by atoms with van der Waals surface area (Å²) in [7, 11) is 1.67. The van der Waals surface area contributed by atoms with Crippen LogP contribution in [0.5, 0.6) is 5.75 Å². The van der Waals surface area contributed by atoms with E-state index in [2.05, 4.69) is 0 Å². The van der Waals surface area contributed by atoms with Gasteiger partial charge in [-0.25, -0.2) is 0 Å². The van der Waals surface area contributed by atoms with Crippen molar-refractivity contribution in [2.24, 2.45) is 0 Å². The van der Waals surface area contributed by atoms with Crippen LogP contribution < -0.4 is 10.5 Å². The van der Waals surface area contributed by atoms with Crippen LogP contribution in [0.25, 0.3) is 11.1 Å². The third kappa shape index (κ3) is 2.13. The van der Waals surface area contributed by atoms with E-state index < -0.39 is 0 Å². The van der Waals surface area contributed by atoms with Gasteiger partial charge >= 0.3 is 0 Å². The molecule has 0 fully saturated rings. The van der Waals surface area contributed by atoms with E-state index in [9.17, 15) is 0 Å². The lowest BCUT2D eigenvalue weighted by Gasteiger charge is -2.14. The van der Waals surface area contributed by atoms with Crippen molar-refractivity contribution in [1.82, 2.24) is 0 Å². The third-order valence-electron chi connectivity index (χ3n) is 2.77. The number of hydrogen-bond donors (Lipinski definition) is 1. The summed E-state index contributed by atoms with van der Waals surface area (Å²) < 4.78 is 5.43. The van der Waals surface area contributed by atoms with Gasteiger partial charge in [0.15, 0.2) is 0 Å². The highest BCUT2D eigenvalue weighted by Gasteiger charge is 2.15. The minimum Gasteiger partial charge on any atom is -0.496 e. The Bertz CT molecular complexity index is 563. The summed E-state index contributed by atoms with van der Waals surface area (Å²) in [5.74, 6) is 0.835. The van der Waals surface area contributed by atoms with Gasteiger partial charge in [0.1, 0.15) is 5.75 Å². The maximum absolute atomic E-state index is 6.29. The molecule has 0 radical (unpaired) electrons. The highest BCUT2D eigenvalue weighted by Crippen LogP contribution is 2.40. The Morgan fingerprint density at radius 1 is 1.29 bits per heavy atom. The molecule has 2 rings (SSSR count). The summed E-state index contributed by atoms with van der Waals surface area (Å²) in [5.41, 5.74) is 9.90. The van der Waals surface area contributed by atoms with Crippen molar-refractivity contribution in [2.45, 2.75) is 13.8 Å². The molecule has 1 aromatic carbocycles. The van der Waals surface area contributed by atoms with Crippen LogP contribution in [0.1, 0.15) is 11.1 Å². The molecular formula is C13H14ClNOS. The normalized spacial score (nSPS) is 10.6. The lowest BCUT2D eigenvalue weighted by molar-refractivity contribution is 0.416. The number of benzene rings is 1. The van der Waals surface area contributed by atoms with Gasteiger partial charge in [-0.3, -0.25) is 0 Å². The first-order valence-electron chi connectivity index (χ1n) is 5.22. The largest absolute Gasteiger partial charge is 0.496 e. The van der Waals surface area contributed by atoms with Gasteiger partial charge in [-0.05, 0) is 42.7 Å². The topological polar surface area (TPSA) is 35.2 Å². The van der Waals surface area contributed by atoms with E-state index in [0.717, 1.165) is 38.0 Å². The number of thiophene rings is 1. The number of hydrogen-bond acceptors (Lipinski definition) is 3. The van der Waals surface area contributed by atoms with Crippen molar-refractivity contribution in [3.63, 3.8) is 0 Å². The molecule has 2 aromatic rings. The minimum absolute atomic E-state index is 0.783. The number of anilines is 1. The predicted molar refractivity (Wildman–Crippen MR) is 75.2 cm³/mol. The van der Waals surface area contributed by atoms with Crippen LogP contribution >= 0.6 is 22.9 Å². The molecule has 0 saturated carbocycles. The molecule has 1 heterocycles. The van der Waals surface area contributed by atoms with Crippen LogP contribution in [0.15, 0.2) is 17.5 Å². The summed E-state index contributed by atoms with van der Waals surface area (Å²) in [6, 6.07) is 3.90. The first-order chi connectivity index (χ1) is 8.04. The highest BCUT2D eigenvalue weighted by atomic mass is 35.5. The molecule has 1 aromatic heterocycles. The monoisotopic (exact) mass is 267 g/mol. The van der Waals surface area contributed by atoms with Gasteiger partial charge in [0.2, 0.25) is 0 Å². The van der Waals surface area contributed by atoms with Crippen LogP contribution in [0, 0.1) is 13.8 Å². The number of nitrogens with two attached hydrogens (primary N) is 1. The Labute approximate surface area is 110 Å². The summed E-state index contributed by atoms with van der Waals surface area (Å²) >= 11 is 7.80. The SMILES string of the molecule is COc1cc(C)c(Cl)c(C)c1-c1csc(N)c1. The summed E-state index contributed by atoms with van der Waals surface area (Å²) in [6.07, 6.45) is 0. The molecule has 0 atom stereocenters. The molecule has 0 spiro atoms. The molecular weight excluding hydrogens is 254 g/mol. The van der Waals surface area contributed by atoms with Crippen molar-refractivity contribution in [1.29, 1.82) is 0 Å². The van der Waals surface area contributed by atoms with Crippen LogP contribution in [-0.4, -0.2) is 7.11 Å². The first-order valence-corrected chi connectivity index (χ1v) is 6.48. The maximum Gasteiger partial charge on any atom is 0.127 e. The molecule has 90 valence electrons. The molecule has 2 N–H and O–H groups in total. The van der Waals surface area contributed by atoms with Gasteiger partial charge in [0, 0.05) is 16.0 Å².